The minimum Gasteiger partial charge on any atom is -0.444 e. The SMILES string of the molecule is C=C/C(=C\C=C(/C=C)N1CCN(C(=O)OC(C)(C)C)CC1)NC1CCC(=O)NC1=O. The number of piperazine rings is 1. The van der Waals surface area contributed by atoms with Crippen molar-refractivity contribution in [2.24, 2.45) is 0 Å². The molecule has 8 nitrogen and oxygen atoms in total. The van der Waals surface area contributed by atoms with Crippen molar-refractivity contribution < 1.29 is 19.1 Å². The van der Waals surface area contributed by atoms with Gasteiger partial charge in [-0.2, -0.15) is 0 Å². The highest BCUT2D eigenvalue weighted by Gasteiger charge is 2.27. The van der Waals surface area contributed by atoms with Gasteiger partial charge < -0.3 is 19.9 Å². The van der Waals surface area contributed by atoms with Gasteiger partial charge in [-0.3, -0.25) is 14.9 Å². The highest BCUT2D eigenvalue weighted by Crippen LogP contribution is 2.15. The number of hydrogen-bond acceptors (Lipinski definition) is 6. The van der Waals surface area contributed by atoms with Crippen molar-refractivity contribution in [2.75, 3.05) is 26.2 Å². The number of rotatable bonds is 6. The third-order valence-corrected chi connectivity index (χ3v) is 4.74. The summed E-state index contributed by atoms with van der Waals surface area (Å²) in [7, 11) is 0. The lowest BCUT2D eigenvalue weighted by Crippen LogP contribution is -2.50. The molecule has 2 aliphatic rings. The second-order valence-corrected chi connectivity index (χ2v) is 8.22. The van der Waals surface area contributed by atoms with E-state index in [0.29, 0.717) is 44.7 Å². The molecule has 0 aromatic heterocycles. The summed E-state index contributed by atoms with van der Waals surface area (Å²) in [6, 6.07) is -0.468. The molecule has 2 saturated heterocycles. The van der Waals surface area contributed by atoms with Gasteiger partial charge >= 0.3 is 6.09 Å². The molecule has 2 aliphatic heterocycles. The van der Waals surface area contributed by atoms with E-state index in [1.807, 2.05) is 32.9 Å². The average Bonchev–Trinajstić information content (AvgIpc) is 2.68. The Labute approximate surface area is 178 Å². The van der Waals surface area contributed by atoms with Crippen LogP contribution in [0.2, 0.25) is 0 Å². The van der Waals surface area contributed by atoms with Crippen molar-refractivity contribution in [2.45, 2.75) is 45.3 Å². The number of carbonyl (C=O) groups is 3. The summed E-state index contributed by atoms with van der Waals surface area (Å²) in [4.78, 5) is 39.3. The van der Waals surface area contributed by atoms with E-state index in [2.05, 4.69) is 28.7 Å². The predicted octanol–water partition coefficient (Wildman–Crippen LogP) is 2.07. The minimum absolute atomic E-state index is 0.249. The molecule has 0 bridgehead atoms. The van der Waals surface area contributed by atoms with E-state index < -0.39 is 11.6 Å². The molecule has 30 heavy (non-hydrogen) atoms. The summed E-state index contributed by atoms with van der Waals surface area (Å²) in [6.07, 6.45) is 7.56. The zero-order chi connectivity index (χ0) is 22.3. The number of carbonyl (C=O) groups excluding carboxylic acids is 3. The van der Waals surface area contributed by atoms with E-state index >= 15 is 0 Å². The Kier molecular flexibility index (Phi) is 7.86. The number of piperidine rings is 1. The van der Waals surface area contributed by atoms with Gasteiger partial charge in [0.2, 0.25) is 11.8 Å². The van der Waals surface area contributed by atoms with Crippen LogP contribution in [0.4, 0.5) is 4.79 Å². The van der Waals surface area contributed by atoms with E-state index in [4.69, 9.17) is 4.74 Å². The first-order valence-corrected chi connectivity index (χ1v) is 10.1. The molecule has 8 heteroatoms. The molecule has 164 valence electrons. The molecule has 0 saturated carbocycles. The summed E-state index contributed by atoms with van der Waals surface area (Å²) < 4.78 is 5.43. The smallest absolute Gasteiger partial charge is 0.410 e. The first-order chi connectivity index (χ1) is 14.1. The van der Waals surface area contributed by atoms with Gasteiger partial charge in [0.1, 0.15) is 11.6 Å². The van der Waals surface area contributed by atoms with Crippen LogP contribution in [0.25, 0.3) is 0 Å². The van der Waals surface area contributed by atoms with Gasteiger partial charge in [-0.05, 0) is 51.5 Å². The molecule has 0 aromatic rings. The third-order valence-electron chi connectivity index (χ3n) is 4.74. The van der Waals surface area contributed by atoms with Gasteiger partial charge in [0.25, 0.3) is 0 Å². The van der Waals surface area contributed by atoms with Gasteiger partial charge in [0.05, 0.1) is 0 Å². The first kappa shape index (κ1) is 23.3. The van der Waals surface area contributed by atoms with Gasteiger partial charge in [-0.15, -0.1) is 0 Å². The van der Waals surface area contributed by atoms with Crippen LogP contribution >= 0.6 is 0 Å². The van der Waals surface area contributed by atoms with Crippen LogP contribution in [-0.4, -0.2) is 65.5 Å². The summed E-state index contributed by atoms with van der Waals surface area (Å²) in [5, 5.41) is 5.44. The Morgan fingerprint density at radius 1 is 1.10 bits per heavy atom. The van der Waals surface area contributed by atoms with Crippen molar-refractivity contribution in [3.63, 3.8) is 0 Å². The lowest BCUT2D eigenvalue weighted by Gasteiger charge is -2.37. The fourth-order valence-corrected chi connectivity index (χ4v) is 3.16. The molecular formula is C22H32N4O4. The summed E-state index contributed by atoms with van der Waals surface area (Å²) >= 11 is 0. The van der Waals surface area contributed by atoms with E-state index in [-0.39, 0.29) is 17.9 Å². The topological polar surface area (TPSA) is 91.0 Å². The highest BCUT2D eigenvalue weighted by molar-refractivity contribution is 6.00. The number of nitrogens with zero attached hydrogens (tertiary/aromatic N) is 2. The Hall–Kier alpha value is -3.03. The zero-order valence-corrected chi connectivity index (χ0v) is 18.1. The number of ether oxygens (including phenoxy) is 1. The number of hydrogen-bond donors (Lipinski definition) is 2. The largest absolute Gasteiger partial charge is 0.444 e. The molecule has 1 atom stereocenters. The van der Waals surface area contributed by atoms with Crippen LogP contribution < -0.4 is 10.6 Å². The zero-order valence-electron chi connectivity index (χ0n) is 18.1. The Morgan fingerprint density at radius 3 is 2.27 bits per heavy atom. The van der Waals surface area contributed by atoms with Crippen LogP contribution in [0.5, 0.6) is 0 Å². The Bertz CT molecular complexity index is 756. The molecule has 2 fully saturated rings. The summed E-state index contributed by atoms with van der Waals surface area (Å²) in [5.41, 5.74) is 1.07. The van der Waals surface area contributed by atoms with Crippen molar-refractivity contribution in [1.82, 2.24) is 20.4 Å². The molecule has 0 radical (unpaired) electrons. The van der Waals surface area contributed by atoms with Crippen molar-refractivity contribution in [3.8, 4) is 0 Å². The van der Waals surface area contributed by atoms with E-state index in [9.17, 15) is 14.4 Å². The second-order valence-electron chi connectivity index (χ2n) is 8.22. The average molecular weight is 417 g/mol. The fourth-order valence-electron chi connectivity index (χ4n) is 3.16. The first-order valence-electron chi connectivity index (χ1n) is 10.1. The fraction of sp³-hybridized carbons (Fsp3) is 0.500. The van der Waals surface area contributed by atoms with Gasteiger partial charge in [0, 0.05) is 44.0 Å². The van der Waals surface area contributed by atoms with Crippen molar-refractivity contribution in [1.29, 1.82) is 0 Å². The molecule has 0 spiro atoms. The summed E-state index contributed by atoms with van der Waals surface area (Å²) in [5.74, 6) is -0.577. The number of nitrogens with one attached hydrogen (secondary N) is 2. The van der Waals surface area contributed by atoms with E-state index in [1.54, 1.807) is 17.1 Å². The number of amides is 3. The standard InChI is InChI=1S/C22H32N4O4/c1-6-16(23-18-10-11-19(27)24-20(18)28)8-9-17(7-2)25-12-14-26(15-13-25)21(29)30-22(3,4)5/h6-9,18,23H,1-2,10-15H2,3-5H3,(H,24,27,28)/b16-8+,17-9+. The van der Waals surface area contributed by atoms with E-state index in [0.717, 1.165) is 5.70 Å². The van der Waals surface area contributed by atoms with Crippen LogP contribution in [0, 0.1) is 0 Å². The van der Waals surface area contributed by atoms with Crippen LogP contribution in [0.1, 0.15) is 33.6 Å². The number of allylic oxidation sites excluding steroid dienone is 4. The monoisotopic (exact) mass is 416 g/mol. The van der Waals surface area contributed by atoms with Crippen molar-refractivity contribution in [3.05, 3.63) is 48.9 Å². The Morgan fingerprint density at radius 2 is 1.73 bits per heavy atom. The highest BCUT2D eigenvalue weighted by atomic mass is 16.6. The van der Waals surface area contributed by atoms with Crippen LogP contribution in [-0.2, 0) is 14.3 Å². The van der Waals surface area contributed by atoms with Crippen LogP contribution in [0.15, 0.2) is 48.9 Å². The van der Waals surface area contributed by atoms with Gasteiger partial charge in [0.15, 0.2) is 0 Å². The van der Waals surface area contributed by atoms with Gasteiger partial charge in [-0.25, -0.2) is 4.79 Å². The molecule has 2 heterocycles. The number of imide groups is 1. The van der Waals surface area contributed by atoms with Crippen molar-refractivity contribution >= 4 is 17.9 Å². The molecule has 3 amide bonds. The molecule has 1 unspecified atom stereocenters. The molecule has 2 N–H and O–H groups in total. The van der Waals surface area contributed by atoms with Crippen LogP contribution in [0.3, 0.4) is 0 Å². The molecule has 0 aromatic carbocycles. The Balaban J connectivity index is 1.97. The minimum atomic E-state index is -0.512. The maximum atomic E-state index is 12.2. The lowest BCUT2D eigenvalue weighted by atomic mass is 10.1. The predicted molar refractivity (Wildman–Crippen MR) is 115 cm³/mol. The molecule has 0 aliphatic carbocycles. The maximum Gasteiger partial charge on any atom is 0.410 e. The summed E-state index contributed by atoms with van der Waals surface area (Å²) in [6.45, 7) is 15.7. The third kappa shape index (κ3) is 6.79. The molecular weight excluding hydrogens is 384 g/mol. The molecule has 2 rings (SSSR count). The van der Waals surface area contributed by atoms with Gasteiger partial charge in [-0.1, -0.05) is 13.2 Å². The lowest BCUT2D eigenvalue weighted by molar-refractivity contribution is -0.134. The normalized spacial score (nSPS) is 21.1. The van der Waals surface area contributed by atoms with E-state index in [1.165, 1.54) is 0 Å². The maximum absolute atomic E-state index is 12.2. The quantitative estimate of drug-likeness (QED) is 0.509. The second kappa shape index (κ2) is 10.1.